The average molecular weight is 318 g/mol. The molecule has 2 aliphatic rings. The first-order valence-corrected chi connectivity index (χ1v) is 8.45. The Balaban J connectivity index is 1.61. The minimum absolute atomic E-state index is 0.0490. The van der Waals surface area contributed by atoms with Gasteiger partial charge in [0.15, 0.2) is 11.5 Å². The molecule has 1 aliphatic heterocycles. The van der Waals surface area contributed by atoms with Crippen molar-refractivity contribution in [3.8, 4) is 11.5 Å². The molecule has 1 aromatic rings. The minimum Gasteiger partial charge on any atom is -0.504 e. The Kier molecular flexibility index (Phi) is 4.76. The highest BCUT2D eigenvalue weighted by Crippen LogP contribution is 2.34. The molecule has 3 unspecified atom stereocenters. The van der Waals surface area contributed by atoms with Crippen LogP contribution < -0.4 is 10.1 Å². The van der Waals surface area contributed by atoms with Crippen LogP contribution in [0.5, 0.6) is 11.5 Å². The largest absolute Gasteiger partial charge is 0.504 e. The van der Waals surface area contributed by atoms with Crippen LogP contribution in [0.2, 0.25) is 0 Å². The zero-order valence-electron chi connectivity index (χ0n) is 13.9. The van der Waals surface area contributed by atoms with E-state index in [0.29, 0.717) is 24.3 Å². The van der Waals surface area contributed by atoms with Gasteiger partial charge < -0.3 is 20.1 Å². The number of fused-ring (bicyclic) bond motifs is 1. The van der Waals surface area contributed by atoms with Crippen LogP contribution >= 0.6 is 0 Å². The maximum Gasteiger partial charge on any atom is 0.239 e. The molecule has 0 aromatic heterocycles. The second kappa shape index (κ2) is 6.79. The van der Waals surface area contributed by atoms with Crippen molar-refractivity contribution in [2.45, 2.75) is 50.7 Å². The number of ether oxygens (including phenoxy) is 1. The minimum atomic E-state index is -0.0490. The van der Waals surface area contributed by atoms with Gasteiger partial charge in [0.25, 0.3) is 0 Å². The monoisotopic (exact) mass is 318 g/mol. The van der Waals surface area contributed by atoms with Crippen molar-refractivity contribution >= 4 is 5.91 Å². The van der Waals surface area contributed by atoms with E-state index in [1.165, 1.54) is 32.8 Å². The summed E-state index contributed by atoms with van der Waals surface area (Å²) in [6.45, 7) is 0.517. The molecular weight excluding hydrogens is 292 g/mol. The number of carbonyl (C=O) groups excluding carboxylic acids is 1. The van der Waals surface area contributed by atoms with E-state index < -0.39 is 0 Å². The Hall–Kier alpha value is -1.75. The number of carbonyl (C=O) groups is 1. The number of benzene rings is 1. The van der Waals surface area contributed by atoms with Crippen LogP contribution in [-0.4, -0.2) is 42.2 Å². The standard InChI is InChI=1S/C18H26N2O3/c1-20(11-12-7-8-16(21)17(9-12)23-2)18(22)15-10-13-5-3-4-6-14(13)19-15/h7-9,13-15,19,21H,3-6,10-11H2,1-2H3. The van der Waals surface area contributed by atoms with E-state index in [1.54, 1.807) is 17.0 Å². The number of likely N-dealkylation sites (N-methyl/N-ethyl adjacent to an activating group) is 1. The number of hydrogen-bond acceptors (Lipinski definition) is 4. The van der Waals surface area contributed by atoms with Crippen molar-refractivity contribution in [2.75, 3.05) is 14.2 Å². The van der Waals surface area contributed by atoms with Crippen LogP contribution in [0.1, 0.15) is 37.7 Å². The smallest absolute Gasteiger partial charge is 0.239 e. The maximum atomic E-state index is 12.7. The van der Waals surface area contributed by atoms with Crippen LogP contribution in [0.4, 0.5) is 0 Å². The number of nitrogens with zero attached hydrogens (tertiary/aromatic N) is 1. The van der Waals surface area contributed by atoms with Crippen LogP contribution in [0, 0.1) is 5.92 Å². The van der Waals surface area contributed by atoms with E-state index in [4.69, 9.17) is 4.74 Å². The van der Waals surface area contributed by atoms with E-state index >= 15 is 0 Å². The molecule has 1 saturated carbocycles. The van der Waals surface area contributed by atoms with Gasteiger partial charge in [-0.3, -0.25) is 4.79 Å². The third-order valence-electron chi connectivity index (χ3n) is 5.20. The second-order valence-electron chi connectivity index (χ2n) is 6.81. The first kappa shape index (κ1) is 16.1. The third-order valence-corrected chi connectivity index (χ3v) is 5.20. The van der Waals surface area contributed by atoms with Crippen LogP contribution in [0.25, 0.3) is 0 Å². The van der Waals surface area contributed by atoms with Crippen molar-refractivity contribution in [2.24, 2.45) is 5.92 Å². The molecule has 0 radical (unpaired) electrons. The number of methoxy groups -OCH3 is 1. The molecule has 126 valence electrons. The molecule has 2 N–H and O–H groups in total. The lowest BCUT2D eigenvalue weighted by molar-refractivity contribution is -0.132. The van der Waals surface area contributed by atoms with Gasteiger partial charge in [-0.1, -0.05) is 18.9 Å². The summed E-state index contributed by atoms with van der Waals surface area (Å²) >= 11 is 0. The number of nitrogens with one attached hydrogen (secondary N) is 1. The normalized spacial score (nSPS) is 26.6. The Morgan fingerprint density at radius 2 is 2.17 bits per heavy atom. The molecule has 1 saturated heterocycles. The van der Waals surface area contributed by atoms with Gasteiger partial charge in [-0.25, -0.2) is 0 Å². The Labute approximate surface area is 137 Å². The SMILES string of the molecule is COc1cc(CN(C)C(=O)C2CC3CCCCC3N2)ccc1O. The number of amides is 1. The first-order valence-electron chi connectivity index (χ1n) is 8.45. The molecule has 23 heavy (non-hydrogen) atoms. The maximum absolute atomic E-state index is 12.7. The van der Waals surface area contributed by atoms with Gasteiger partial charge in [0, 0.05) is 19.6 Å². The predicted molar refractivity (Wildman–Crippen MR) is 88.4 cm³/mol. The zero-order valence-corrected chi connectivity index (χ0v) is 13.9. The number of hydrogen-bond donors (Lipinski definition) is 2. The van der Waals surface area contributed by atoms with Gasteiger partial charge in [-0.2, -0.15) is 0 Å². The fraction of sp³-hybridized carbons (Fsp3) is 0.611. The molecule has 0 bridgehead atoms. The molecule has 5 heteroatoms. The topological polar surface area (TPSA) is 61.8 Å². The molecule has 1 amide bonds. The summed E-state index contributed by atoms with van der Waals surface area (Å²) in [6.07, 6.45) is 5.99. The highest BCUT2D eigenvalue weighted by atomic mass is 16.5. The summed E-state index contributed by atoms with van der Waals surface area (Å²) in [4.78, 5) is 14.5. The van der Waals surface area contributed by atoms with Gasteiger partial charge in [0.05, 0.1) is 13.2 Å². The van der Waals surface area contributed by atoms with Crippen molar-refractivity contribution < 1.29 is 14.6 Å². The van der Waals surface area contributed by atoms with Gasteiger partial charge in [-0.15, -0.1) is 0 Å². The summed E-state index contributed by atoms with van der Waals surface area (Å²) in [5.41, 5.74) is 0.950. The lowest BCUT2D eigenvalue weighted by atomic mass is 9.85. The van der Waals surface area contributed by atoms with Gasteiger partial charge in [-0.05, 0) is 42.9 Å². The van der Waals surface area contributed by atoms with Gasteiger partial charge in [0.2, 0.25) is 5.91 Å². The van der Waals surface area contributed by atoms with Crippen LogP contribution in [-0.2, 0) is 11.3 Å². The lowest BCUT2D eigenvalue weighted by Crippen LogP contribution is -2.43. The summed E-state index contributed by atoms with van der Waals surface area (Å²) in [5, 5.41) is 13.2. The van der Waals surface area contributed by atoms with Crippen LogP contribution in [0.15, 0.2) is 18.2 Å². The molecule has 3 atom stereocenters. The molecule has 2 fully saturated rings. The van der Waals surface area contributed by atoms with E-state index in [9.17, 15) is 9.90 Å². The Morgan fingerprint density at radius 3 is 2.91 bits per heavy atom. The number of aromatic hydroxyl groups is 1. The van der Waals surface area contributed by atoms with Crippen molar-refractivity contribution in [1.29, 1.82) is 0 Å². The lowest BCUT2D eigenvalue weighted by Gasteiger charge is -2.24. The Morgan fingerprint density at radius 1 is 1.39 bits per heavy atom. The predicted octanol–water partition coefficient (Wildman–Crippen LogP) is 2.28. The number of rotatable bonds is 4. The summed E-state index contributed by atoms with van der Waals surface area (Å²) in [6, 6.07) is 5.69. The fourth-order valence-corrected chi connectivity index (χ4v) is 3.95. The van der Waals surface area contributed by atoms with E-state index in [0.717, 1.165) is 12.0 Å². The summed E-state index contributed by atoms with van der Waals surface area (Å²) in [7, 11) is 3.36. The molecule has 1 heterocycles. The van der Waals surface area contributed by atoms with E-state index in [-0.39, 0.29) is 17.7 Å². The molecule has 1 aliphatic carbocycles. The van der Waals surface area contributed by atoms with Crippen LogP contribution in [0.3, 0.4) is 0 Å². The fourth-order valence-electron chi connectivity index (χ4n) is 3.95. The highest BCUT2D eigenvalue weighted by Gasteiger charge is 2.39. The zero-order chi connectivity index (χ0) is 16.4. The molecule has 5 nitrogen and oxygen atoms in total. The van der Waals surface area contributed by atoms with Gasteiger partial charge >= 0.3 is 0 Å². The van der Waals surface area contributed by atoms with E-state index in [1.807, 2.05) is 13.1 Å². The van der Waals surface area contributed by atoms with Crippen molar-refractivity contribution in [3.05, 3.63) is 23.8 Å². The molecular formula is C18H26N2O3. The molecule has 3 rings (SSSR count). The third kappa shape index (κ3) is 3.44. The van der Waals surface area contributed by atoms with Crippen molar-refractivity contribution in [3.63, 3.8) is 0 Å². The highest BCUT2D eigenvalue weighted by molar-refractivity contribution is 5.82. The van der Waals surface area contributed by atoms with Gasteiger partial charge in [0.1, 0.15) is 0 Å². The van der Waals surface area contributed by atoms with E-state index in [2.05, 4.69) is 5.32 Å². The Bertz CT molecular complexity index is 561. The quantitative estimate of drug-likeness (QED) is 0.894. The summed E-state index contributed by atoms with van der Waals surface area (Å²) < 4.78 is 5.13. The average Bonchev–Trinajstić information content (AvgIpc) is 2.99. The van der Waals surface area contributed by atoms with Crippen molar-refractivity contribution in [1.82, 2.24) is 10.2 Å². The summed E-state index contributed by atoms with van der Waals surface area (Å²) in [5.74, 6) is 1.38. The second-order valence-corrected chi connectivity index (χ2v) is 6.81. The first-order chi connectivity index (χ1) is 11.1. The number of phenols is 1. The molecule has 1 aromatic carbocycles. The number of phenolic OH excluding ortho intramolecular Hbond substituents is 1. The molecule has 0 spiro atoms.